The van der Waals surface area contributed by atoms with Crippen LogP contribution in [0.3, 0.4) is 0 Å². The van der Waals surface area contributed by atoms with E-state index >= 15 is 0 Å². The molecule has 0 saturated carbocycles. The molecule has 0 spiro atoms. The molecule has 0 aromatic heterocycles. The van der Waals surface area contributed by atoms with Crippen LogP contribution in [0.4, 0.5) is 0 Å². The van der Waals surface area contributed by atoms with Crippen LogP contribution in [0.2, 0.25) is 0 Å². The average Bonchev–Trinajstić information content (AvgIpc) is 2.48. The molecule has 2 aromatic carbocycles. The molecule has 1 aliphatic heterocycles. The Morgan fingerprint density at radius 2 is 1.80 bits per heavy atom. The van der Waals surface area contributed by atoms with Gasteiger partial charge < -0.3 is 10.2 Å². The van der Waals surface area contributed by atoms with Crippen molar-refractivity contribution in [1.82, 2.24) is 10.2 Å². The third-order valence-corrected chi connectivity index (χ3v) is 4.23. The minimum absolute atomic E-state index is 0.707. The average molecular weight is 268 g/mol. The number of hydrogen-bond acceptors (Lipinski definition) is 2. The van der Waals surface area contributed by atoms with E-state index in [2.05, 4.69) is 59.6 Å². The van der Waals surface area contributed by atoms with Crippen LogP contribution < -0.4 is 5.32 Å². The molecule has 0 amide bonds. The zero-order valence-electron chi connectivity index (χ0n) is 12.3. The molecule has 1 saturated heterocycles. The second kappa shape index (κ2) is 6.38. The zero-order chi connectivity index (χ0) is 13.8. The molecule has 2 heteroatoms. The molecule has 0 radical (unpaired) electrons. The minimum atomic E-state index is 0.707. The SMILES string of the molecule is CC(Cc1cccc2ccccc12)CN1CCNCC1. The molecule has 106 valence electrons. The molecule has 20 heavy (non-hydrogen) atoms. The van der Waals surface area contributed by atoms with Gasteiger partial charge in [0.1, 0.15) is 0 Å². The van der Waals surface area contributed by atoms with Gasteiger partial charge in [-0.3, -0.25) is 0 Å². The maximum absolute atomic E-state index is 3.42. The largest absolute Gasteiger partial charge is 0.314 e. The van der Waals surface area contributed by atoms with Crippen molar-refractivity contribution in [1.29, 1.82) is 0 Å². The highest BCUT2D eigenvalue weighted by atomic mass is 15.2. The Kier molecular flexibility index (Phi) is 4.34. The summed E-state index contributed by atoms with van der Waals surface area (Å²) in [4.78, 5) is 2.59. The molecule has 1 aliphatic rings. The molecule has 1 heterocycles. The highest BCUT2D eigenvalue weighted by Crippen LogP contribution is 2.21. The Labute approximate surface area is 121 Å². The summed E-state index contributed by atoms with van der Waals surface area (Å²) in [5.74, 6) is 0.707. The molecular weight excluding hydrogens is 244 g/mol. The lowest BCUT2D eigenvalue weighted by Gasteiger charge is -2.29. The Morgan fingerprint density at radius 1 is 1.05 bits per heavy atom. The van der Waals surface area contributed by atoms with Crippen molar-refractivity contribution in [2.24, 2.45) is 5.92 Å². The van der Waals surface area contributed by atoms with Crippen molar-refractivity contribution in [2.75, 3.05) is 32.7 Å². The van der Waals surface area contributed by atoms with E-state index in [1.807, 2.05) is 0 Å². The van der Waals surface area contributed by atoms with E-state index < -0.39 is 0 Å². The first kappa shape index (κ1) is 13.6. The first-order valence-corrected chi connectivity index (χ1v) is 7.72. The first-order valence-electron chi connectivity index (χ1n) is 7.72. The highest BCUT2D eigenvalue weighted by molar-refractivity contribution is 5.85. The van der Waals surface area contributed by atoms with Crippen LogP contribution >= 0.6 is 0 Å². The second-order valence-electron chi connectivity index (χ2n) is 6.00. The Hall–Kier alpha value is -1.38. The topological polar surface area (TPSA) is 15.3 Å². The van der Waals surface area contributed by atoms with Gasteiger partial charge in [0.2, 0.25) is 0 Å². The molecule has 2 aromatic rings. The number of nitrogens with zero attached hydrogens (tertiary/aromatic N) is 1. The van der Waals surface area contributed by atoms with Crippen molar-refractivity contribution in [2.45, 2.75) is 13.3 Å². The number of hydrogen-bond donors (Lipinski definition) is 1. The van der Waals surface area contributed by atoms with Crippen LogP contribution in [0.1, 0.15) is 12.5 Å². The standard InChI is InChI=1S/C18H24N2/c1-15(14-20-11-9-19-10-12-20)13-17-7-4-6-16-5-2-3-8-18(16)17/h2-8,15,19H,9-14H2,1H3. The van der Waals surface area contributed by atoms with Crippen molar-refractivity contribution in [3.63, 3.8) is 0 Å². The molecular formula is C18H24N2. The zero-order valence-corrected chi connectivity index (χ0v) is 12.3. The van der Waals surface area contributed by atoms with Gasteiger partial charge in [-0.15, -0.1) is 0 Å². The van der Waals surface area contributed by atoms with Crippen LogP contribution in [-0.2, 0) is 6.42 Å². The molecule has 3 rings (SSSR count). The summed E-state index contributed by atoms with van der Waals surface area (Å²) in [5, 5.41) is 6.20. The lowest BCUT2D eigenvalue weighted by Crippen LogP contribution is -2.45. The molecule has 1 fully saturated rings. The van der Waals surface area contributed by atoms with E-state index in [9.17, 15) is 0 Å². The van der Waals surface area contributed by atoms with Crippen molar-refractivity contribution >= 4 is 10.8 Å². The maximum Gasteiger partial charge on any atom is 0.0107 e. The molecule has 2 nitrogen and oxygen atoms in total. The summed E-state index contributed by atoms with van der Waals surface area (Å²) < 4.78 is 0. The van der Waals surface area contributed by atoms with Gasteiger partial charge in [-0.1, -0.05) is 49.4 Å². The van der Waals surface area contributed by atoms with Crippen LogP contribution in [0.5, 0.6) is 0 Å². The predicted molar refractivity (Wildman–Crippen MR) is 86.1 cm³/mol. The van der Waals surface area contributed by atoms with Crippen LogP contribution in [0.15, 0.2) is 42.5 Å². The van der Waals surface area contributed by atoms with Crippen molar-refractivity contribution in [3.8, 4) is 0 Å². The summed E-state index contributed by atoms with van der Waals surface area (Å²) in [6, 6.07) is 15.4. The van der Waals surface area contributed by atoms with Gasteiger partial charge in [0.15, 0.2) is 0 Å². The second-order valence-corrected chi connectivity index (χ2v) is 6.00. The summed E-state index contributed by atoms with van der Waals surface area (Å²) >= 11 is 0. The Morgan fingerprint density at radius 3 is 2.65 bits per heavy atom. The van der Waals surface area contributed by atoms with Gasteiger partial charge in [0.25, 0.3) is 0 Å². The van der Waals surface area contributed by atoms with Crippen LogP contribution in [0, 0.1) is 5.92 Å². The van der Waals surface area contributed by atoms with Crippen molar-refractivity contribution in [3.05, 3.63) is 48.0 Å². The first-order chi connectivity index (χ1) is 9.83. The van der Waals surface area contributed by atoms with E-state index in [-0.39, 0.29) is 0 Å². The van der Waals surface area contributed by atoms with E-state index in [4.69, 9.17) is 0 Å². The van der Waals surface area contributed by atoms with Gasteiger partial charge in [-0.2, -0.15) is 0 Å². The molecule has 1 unspecified atom stereocenters. The van der Waals surface area contributed by atoms with Crippen LogP contribution in [0.25, 0.3) is 10.8 Å². The Bertz CT molecular complexity index is 553. The number of nitrogens with one attached hydrogen (secondary N) is 1. The van der Waals surface area contributed by atoms with E-state index in [0.29, 0.717) is 5.92 Å². The number of piperazine rings is 1. The normalized spacial score (nSPS) is 18.2. The molecule has 1 N–H and O–H groups in total. The van der Waals surface area contributed by atoms with Crippen molar-refractivity contribution < 1.29 is 0 Å². The fourth-order valence-corrected chi connectivity index (χ4v) is 3.24. The third-order valence-electron chi connectivity index (χ3n) is 4.23. The molecule has 0 aliphatic carbocycles. The molecule has 0 bridgehead atoms. The lowest BCUT2D eigenvalue weighted by molar-refractivity contribution is 0.211. The van der Waals surface area contributed by atoms with Gasteiger partial charge in [-0.25, -0.2) is 0 Å². The van der Waals surface area contributed by atoms with Crippen LogP contribution in [-0.4, -0.2) is 37.6 Å². The van der Waals surface area contributed by atoms with E-state index in [1.54, 1.807) is 0 Å². The fourth-order valence-electron chi connectivity index (χ4n) is 3.24. The summed E-state index contributed by atoms with van der Waals surface area (Å²) in [5.41, 5.74) is 1.49. The van der Waals surface area contributed by atoms with Gasteiger partial charge >= 0.3 is 0 Å². The number of fused-ring (bicyclic) bond motifs is 1. The van der Waals surface area contributed by atoms with E-state index in [0.717, 1.165) is 13.1 Å². The number of rotatable bonds is 4. The fraction of sp³-hybridized carbons (Fsp3) is 0.444. The van der Waals surface area contributed by atoms with Gasteiger partial charge in [0, 0.05) is 32.7 Å². The lowest BCUT2D eigenvalue weighted by atomic mass is 9.95. The molecule has 1 atom stereocenters. The van der Waals surface area contributed by atoms with Gasteiger partial charge in [0.05, 0.1) is 0 Å². The maximum atomic E-state index is 3.42. The number of benzene rings is 2. The smallest absolute Gasteiger partial charge is 0.0107 e. The summed E-state index contributed by atoms with van der Waals surface area (Å²) in [6.45, 7) is 8.26. The minimum Gasteiger partial charge on any atom is -0.314 e. The Balaban J connectivity index is 1.69. The summed E-state index contributed by atoms with van der Waals surface area (Å²) in [7, 11) is 0. The monoisotopic (exact) mass is 268 g/mol. The predicted octanol–water partition coefficient (Wildman–Crippen LogP) is 2.92. The third kappa shape index (κ3) is 3.20. The summed E-state index contributed by atoms with van der Waals surface area (Å²) in [6.07, 6.45) is 1.17. The van der Waals surface area contributed by atoms with E-state index in [1.165, 1.54) is 42.4 Å². The highest BCUT2D eigenvalue weighted by Gasteiger charge is 2.14. The van der Waals surface area contributed by atoms with Gasteiger partial charge in [-0.05, 0) is 28.7 Å². The quantitative estimate of drug-likeness (QED) is 0.917.